The Morgan fingerprint density at radius 3 is 2.81 bits per heavy atom. The molecule has 0 saturated heterocycles. The number of amides is 1. The molecule has 0 aliphatic carbocycles. The molecule has 2 rings (SSSR count). The summed E-state index contributed by atoms with van der Waals surface area (Å²) >= 11 is 0. The Bertz CT molecular complexity index is 881. The van der Waals surface area contributed by atoms with Crippen molar-refractivity contribution in [2.75, 3.05) is 13.2 Å². The third kappa shape index (κ3) is 4.41. The van der Waals surface area contributed by atoms with Crippen molar-refractivity contribution < 1.29 is 14.6 Å². The summed E-state index contributed by atoms with van der Waals surface area (Å²) in [6.45, 7) is 4.83. The van der Waals surface area contributed by atoms with Gasteiger partial charge < -0.3 is 19.7 Å². The van der Waals surface area contributed by atoms with E-state index in [1.165, 1.54) is 4.57 Å². The van der Waals surface area contributed by atoms with Crippen LogP contribution in [-0.4, -0.2) is 34.8 Å². The Labute approximate surface area is 151 Å². The molecule has 7 heteroatoms. The highest BCUT2D eigenvalue weighted by Crippen LogP contribution is 2.26. The van der Waals surface area contributed by atoms with Gasteiger partial charge in [0.2, 0.25) is 0 Å². The van der Waals surface area contributed by atoms with Crippen molar-refractivity contribution in [1.29, 1.82) is 5.26 Å². The molecular formula is C19H23N3O4. The first-order valence-electron chi connectivity index (χ1n) is 8.58. The van der Waals surface area contributed by atoms with Gasteiger partial charge in [-0.05, 0) is 32.4 Å². The molecule has 2 N–H and O–H groups in total. The zero-order chi connectivity index (χ0) is 19.1. The molecule has 2 aromatic rings. The van der Waals surface area contributed by atoms with Gasteiger partial charge in [-0.3, -0.25) is 9.59 Å². The van der Waals surface area contributed by atoms with Gasteiger partial charge in [-0.25, -0.2) is 0 Å². The largest absolute Gasteiger partial charge is 0.506 e. The number of carbonyl (C=O) groups is 1. The van der Waals surface area contributed by atoms with E-state index in [0.717, 1.165) is 0 Å². The molecule has 0 unspecified atom stereocenters. The van der Waals surface area contributed by atoms with E-state index < -0.39 is 11.5 Å². The van der Waals surface area contributed by atoms with Crippen LogP contribution in [-0.2, 0) is 11.3 Å². The van der Waals surface area contributed by atoms with Crippen molar-refractivity contribution in [2.45, 2.75) is 39.3 Å². The second-order valence-corrected chi connectivity index (χ2v) is 6.13. The van der Waals surface area contributed by atoms with Crippen LogP contribution < -0.4 is 10.9 Å². The first-order chi connectivity index (χ1) is 12.5. The Morgan fingerprint density at radius 1 is 1.38 bits per heavy atom. The van der Waals surface area contributed by atoms with Crippen LogP contribution in [0.1, 0.15) is 37.0 Å². The summed E-state index contributed by atoms with van der Waals surface area (Å²) < 4.78 is 6.76. The van der Waals surface area contributed by atoms with Crippen molar-refractivity contribution in [3.63, 3.8) is 0 Å². The van der Waals surface area contributed by atoms with Crippen molar-refractivity contribution >= 4 is 16.8 Å². The summed E-state index contributed by atoms with van der Waals surface area (Å²) in [5, 5.41) is 22.3. The number of pyridine rings is 1. The molecule has 0 radical (unpaired) electrons. The van der Waals surface area contributed by atoms with Crippen molar-refractivity contribution in [1.82, 2.24) is 9.88 Å². The molecule has 1 aromatic carbocycles. The first-order valence-corrected chi connectivity index (χ1v) is 8.58. The van der Waals surface area contributed by atoms with Gasteiger partial charge in [0.05, 0.1) is 24.1 Å². The van der Waals surface area contributed by atoms with Crippen LogP contribution in [0.15, 0.2) is 29.1 Å². The highest BCUT2D eigenvalue weighted by Gasteiger charge is 2.21. The number of nitrogens with one attached hydrogen (secondary N) is 1. The number of nitrogens with zero attached hydrogens (tertiary/aromatic N) is 2. The van der Waals surface area contributed by atoms with Crippen molar-refractivity contribution in [3.05, 3.63) is 40.2 Å². The van der Waals surface area contributed by atoms with Gasteiger partial charge in [-0.15, -0.1) is 0 Å². The number of hydrogen-bond acceptors (Lipinski definition) is 5. The maximum atomic E-state index is 12.7. The molecule has 0 spiro atoms. The number of benzene rings is 1. The summed E-state index contributed by atoms with van der Waals surface area (Å²) in [5.41, 5.74) is -0.411. The van der Waals surface area contributed by atoms with Crippen LogP contribution >= 0.6 is 0 Å². The second-order valence-electron chi connectivity index (χ2n) is 6.13. The van der Waals surface area contributed by atoms with E-state index in [9.17, 15) is 14.7 Å². The molecule has 1 heterocycles. The maximum absolute atomic E-state index is 12.7. The Balaban J connectivity index is 2.30. The molecule has 1 aromatic heterocycles. The molecule has 26 heavy (non-hydrogen) atoms. The molecule has 0 saturated carbocycles. The highest BCUT2D eigenvalue weighted by molar-refractivity contribution is 6.02. The summed E-state index contributed by atoms with van der Waals surface area (Å²) in [5.74, 6) is -0.969. The SMILES string of the molecule is CC(C)OCCCNC(=O)c1c(O)c2ccccc2n(CCC#N)c1=O. The number of fused-ring (bicyclic) bond motifs is 1. The summed E-state index contributed by atoms with van der Waals surface area (Å²) in [7, 11) is 0. The second kappa shape index (κ2) is 9.02. The van der Waals surface area contributed by atoms with Crippen molar-refractivity contribution in [2.24, 2.45) is 0 Å². The average Bonchev–Trinajstić information content (AvgIpc) is 2.61. The normalized spacial score (nSPS) is 10.8. The molecule has 138 valence electrons. The third-order valence-corrected chi connectivity index (χ3v) is 3.88. The number of aromatic nitrogens is 1. The fourth-order valence-electron chi connectivity index (χ4n) is 2.66. The van der Waals surface area contributed by atoms with Gasteiger partial charge in [0, 0.05) is 25.1 Å². The topological polar surface area (TPSA) is 104 Å². The van der Waals surface area contributed by atoms with Gasteiger partial charge in [-0.2, -0.15) is 5.26 Å². The summed E-state index contributed by atoms with van der Waals surface area (Å²) in [6.07, 6.45) is 0.839. The molecule has 0 bridgehead atoms. The number of rotatable bonds is 8. The zero-order valence-electron chi connectivity index (χ0n) is 15.0. The van der Waals surface area contributed by atoms with Crippen LogP contribution in [0.25, 0.3) is 10.9 Å². The molecule has 0 aliphatic heterocycles. The maximum Gasteiger partial charge on any atom is 0.267 e. The molecule has 0 aliphatic rings. The lowest BCUT2D eigenvalue weighted by Gasteiger charge is -2.14. The Kier molecular flexibility index (Phi) is 6.75. The van der Waals surface area contributed by atoms with E-state index in [0.29, 0.717) is 30.5 Å². The smallest absolute Gasteiger partial charge is 0.267 e. The number of nitriles is 1. The number of hydrogen-bond donors (Lipinski definition) is 2. The zero-order valence-corrected chi connectivity index (χ0v) is 15.0. The number of para-hydroxylation sites is 1. The van der Waals surface area contributed by atoms with Gasteiger partial charge in [-0.1, -0.05) is 12.1 Å². The standard InChI is InChI=1S/C19H23N3O4/c1-13(2)26-12-6-10-21-18(24)16-17(23)14-7-3-4-8-15(14)22(19(16)25)11-5-9-20/h3-4,7-8,13,23H,5-6,10-12H2,1-2H3,(H,21,24). The fourth-order valence-corrected chi connectivity index (χ4v) is 2.66. The molecule has 7 nitrogen and oxygen atoms in total. The summed E-state index contributed by atoms with van der Waals surface area (Å²) in [4.78, 5) is 25.2. The van der Waals surface area contributed by atoms with E-state index in [2.05, 4.69) is 5.32 Å². The summed E-state index contributed by atoms with van der Waals surface area (Å²) in [6, 6.07) is 8.76. The fraction of sp³-hybridized carbons (Fsp3) is 0.421. The van der Waals surface area contributed by atoms with Crippen molar-refractivity contribution in [3.8, 4) is 11.8 Å². The van der Waals surface area contributed by atoms with Gasteiger partial charge in [0.1, 0.15) is 11.3 Å². The molecule has 1 amide bonds. The number of ether oxygens (including phenoxy) is 1. The minimum Gasteiger partial charge on any atom is -0.506 e. The van der Waals surface area contributed by atoms with E-state index in [-0.39, 0.29) is 30.4 Å². The van der Waals surface area contributed by atoms with Gasteiger partial charge >= 0.3 is 0 Å². The lowest BCUT2D eigenvalue weighted by Crippen LogP contribution is -2.34. The van der Waals surface area contributed by atoms with E-state index in [4.69, 9.17) is 10.00 Å². The van der Waals surface area contributed by atoms with E-state index >= 15 is 0 Å². The minimum absolute atomic E-state index is 0.113. The van der Waals surface area contributed by atoms with Crippen LogP contribution in [0, 0.1) is 11.3 Å². The third-order valence-electron chi connectivity index (χ3n) is 3.88. The number of carbonyl (C=O) groups excluding carboxylic acids is 1. The molecule has 0 fully saturated rings. The van der Waals surface area contributed by atoms with E-state index in [1.54, 1.807) is 24.3 Å². The molecule has 0 atom stereocenters. The average molecular weight is 357 g/mol. The highest BCUT2D eigenvalue weighted by atomic mass is 16.5. The lowest BCUT2D eigenvalue weighted by atomic mass is 10.1. The predicted octanol–water partition coefficient (Wildman–Crippen LogP) is 2.17. The predicted molar refractivity (Wildman–Crippen MR) is 98.1 cm³/mol. The van der Waals surface area contributed by atoms with Crippen LogP contribution in [0.3, 0.4) is 0 Å². The lowest BCUT2D eigenvalue weighted by molar-refractivity contribution is 0.0756. The van der Waals surface area contributed by atoms with E-state index in [1.807, 2.05) is 19.9 Å². The van der Waals surface area contributed by atoms with Gasteiger partial charge in [0.15, 0.2) is 0 Å². The van der Waals surface area contributed by atoms with Crippen LogP contribution in [0.4, 0.5) is 0 Å². The Morgan fingerprint density at radius 2 is 2.12 bits per heavy atom. The Hall–Kier alpha value is -2.85. The number of aryl methyl sites for hydroxylation is 1. The van der Waals surface area contributed by atoms with Gasteiger partial charge in [0.25, 0.3) is 11.5 Å². The first kappa shape index (κ1) is 19.5. The number of aromatic hydroxyl groups is 1. The molecular weight excluding hydrogens is 334 g/mol. The monoisotopic (exact) mass is 357 g/mol. The quantitative estimate of drug-likeness (QED) is 0.705. The van der Waals surface area contributed by atoms with Crippen LogP contribution in [0.2, 0.25) is 0 Å². The van der Waals surface area contributed by atoms with Crippen LogP contribution in [0.5, 0.6) is 5.75 Å². The minimum atomic E-state index is -0.631.